The van der Waals surface area contributed by atoms with Crippen molar-refractivity contribution in [3.05, 3.63) is 41.3 Å². The largest absolute Gasteiger partial charge is 0.494 e. The molecule has 42 heavy (non-hydrogen) atoms. The van der Waals surface area contributed by atoms with Crippen LogP contribution in [-0.2, 0) is 4.79 Å². The lowest BCUT2D eigenvalue weighted by atomic mass is 9.87. The van der Waals surface area contributed by atoms with Gasteiger partial charge in [0.1, 0.15) is 5.75 Å². The van der Waals surface area contributed by atoms with Crippen LogP contribution in [0.2, 0.25) is 0 Å². The van der Waals surface area contributed by atoms with Gasteiger partial charge in [0, 0.05) is 42.4 Å². The fourth-order valence-corrected chi connectivity index (χ4v) is 6.36. The van der Waals surface area contributed by atoms with Gasteiger partial charge in [-0.1, -0.05) is 0 Å². The van der Waals surface area contributed by atoms with Crippen molar-refractivity contribution in [2.45, 2.75) is 56.5 Å². The number of methoxy groups -OCH3 is 1. The van der Waals surface area contributed by atoms with E-state index >= 15 is 0 Å². The summed E-state index contributed by atoms with van der Waals surface area (Å²) < 4.78 is 70.3. The topological polar surface area (TPSA) is 84.4 Å². The van der Waals surface area contributed by atoms with E-state index in [1.54, 1.807) is 18.3 Å². The average molecular weight is 596 g/mol. The normalized spacial score (nSPS) is 20.6. The number of anilines is 1. The lowest BCUT2D eigenvalue weighted by Crippen LogP contribution is -2.40. The molecule has 2 aromatic rings. The number of fused-ring (bicyclic) bond motifs is 1. The fraction of sp³-hybridized carbons (Fsp3) is 0.600. The number of halogens is 4. The first-order valence-electron chi connectivity index (χ1n) is 14.5. The third kappa shape index (κ3) is 7.37. The highest BCUT2D eigenvalue weighted by atomic mass is 19.4. The van der Waals surface area contributed by atoms with Crippen molar-refractivity contribution < 1.29 is 41.7 Å². The summed E-state index contributed by atoms with van der Waals surface area (Å²) in [7, 11) is 1.42. The molecule has 230 valence electrons. The summed E-state index contributed by atoms with van der Waals surface area (Å²) in [4.78, 5) is 19.3. The summed E-state index contributed by atoms with van der Waals surface area (Å²) >= 11 is 0. The van der Waals surface area contributed by atoms with Crippen LogP contribution in [0, 0.1) is 11.7 Å². The standard InChI is InChI=1S/C30H37F4N3O5/c1-40-26-15-25(22(13-24(26)31)20-4-7-36(8-5-20)18-30(32,33)34)37-9-2-19(3-10-37)17-42-28-14-23-21(12-29(38)39)6-11-41-27(23)16-35-28/h13-16,19-21H,2-12,17-18H2,1H3,(H,38,39). The average Bonchev–Trinajstić information content (AvgIpc) is 2.96. The van der Waals surface area contributed by atoms with E-state index in [0.717, 1.165) is 42.7 Å². The van der Waals surface area contributed by atoms with E-state index < -0.39 is 24.5 Å². The maximum atomic E-state index is 14.8. The number of carbonyl (C=O) groups is 1. The summed E-state index contributed by atoms with van der Waals surface area (Å²) in [5.74, 6) is -0.0322. The molecule has 1 N–H and O–H groups in total. The summed E-state index contributed by atoms with van der Waals surface area (Å²) in [6.45, 7) is 2.07. The second kappa shape index (κ2) is 12.9. The van der Waals surface area contributed by atoms with Gasteiger partial charge in [-0.25, -0.2) is 9.37 Å². The van der Waals surface area contributed by atoms with E-state index in [0.29, 0.717) is 57.2 Å². The molecule has 3 aliphatic rings. The van der Waals surface area contributed by atoms with E-state index in [2.05, 4.69) is 9.88 Å². The number of nitrogens with zero attached hydrogens (tertiary/aromatic N) is 3. The van der Waals surface area contributed by atoms with Crippen LogP contribution in [0.25, 0.3) is 0 Å². The molecular formula is C30H37F4N3O5. The van der Waals surface area contributed by atoms with Gasteiger partial charge in [0.15, 0.2) is 11.6 Å². The van der Waals surface area contributed by atoms with E-state index in [4.69, 9.17) is 14.2 Å². The van der Waals surface area contributed by atoms with Gasteiger partial charge in [0.2, 0.25) is 5.88 Å². The molecule has 0 aliphatic carbocycles. The molecule has 0 spiro atoms. The predicted molar refractivity (Wildman–Crippen MR) is 147 cm³/mol. The van der Waals surface area contributed by atoms with Crippen molar-refractivity contribution in [1.82, 2.24) is 9.88 Å². The summed E-state index contributed by atoms with van der Waals surface area (Å²) in [6, 6.07) is 5.00. The number of benzene rings is 1. The number of ether oxygens (including phenoxy) is 3. The molecule has 0 radical (unpaired) electrons. The highest BCUT2D eigenvalue weighted by Gasteiger charge is 2.34. The van der Waals surface area contributed by atoms with Crippen molar-refractivity contribution in [2.24, 2.45) is 5.92 Å². The van der Waals surface area contributed by atoms with Gasteiger partial charge in [0.25, 0.3) is 0 Å². The molecule has 1 aromatic heterocycles. The number of alkyl halides is 3. The molecule has 2 fully saturated rings. The maximum Gasteiger partial charge on any atom is 0.401 e. The molecule has 8 nitrogen and oxygen atoms in total. The fourth-order valence-electron chi connectivity index (χ4n) is 6.36. The van der Waals surface area contributed by atoms with Crippen LogP contribution < -0.4 is 19.1 Å². The Hall–Kier alpha value is -3.28. The van der Waals surface area contributed by atoms with E-state index in [1.165, 1.54) is 18.1 Å². The monoisotopic (exact) mass is 595 g/mol. The van der Waals surface area contributed by atoms with Crippen LogP contribution >= 0.6 is 0 Å². The van der Waals surface area contributed by atoms with Crippen LogP contribution in [0.15, 0.2) is 24.4 Å². The molecule has 5 rings (SSSR count). The molecule has 0 bridgehead atoms. The molecule has 0 amide bonds. The van der Waals surface area contributed by atoms with E-state index in [9.17, 15) is 27.5 Å². The van der Waals surface area contributed by atoms with Crippen molar-refractivity contribution in [2.75, 3.05) is 57.9 Å². The number of aromatic nitrogens is 1. The summed E-state index contributed by atoms with van der Waals surface area (Å²) in [6.07, 6.45) is 0.753. The van der Waals surface area contributed by atoms with Crippen LogP contribution in [0.4, 0.5) is 23.2 Å². The van der Waals surface area contributed by atoms with Crippen molar-refractivity contribution in [1.29, 1.82) is 0 Å². The number of carboxylic acid groups (broad SMARTS) is 1. The van der Waals surface area contributed by atoms with Gasteiger partial charge in [-0.15, -0.1) is 0 Å². The van der Waals surface area contributed by atoms with E-state index in [-0.39, 0.29) is 29.9 Å². The number of pyridine rings is 1. The second-order valence-corrected chi connectivity index (χ2v) is 11.4. The molecule has 1 aromatic carbocycles. The van der Waals surface area contributed by atoms with Crippen LogP contribution in [0.3, 0.4) is 0 Å². The molecule has 4 heterocycles. The third-order valence-corrected chi connectivity index (χ3v) is 8.61. The van der Waals surface area contributed by atoms with Crippen LogP contribution in [0.5, 0.6) is 17.4 Å². The molecule has 1 atom stereocenters. The first-order chi connectivity index (χ1) is 20.1. The number of hydrogen-bond acceptors (Lipinski definition) is 7. The lowest BCUT2D eigenvalue weighted by Gasteiger charge is -2.38. The van der Waals surface area contributed by atoms with Gasteiger partial charge >= 0.3 is 12.1 Å². The zero-order valence-corrected chi connectivity index (χ0v) is 23.7. The Morgan fingerprint density at radius 3 is 2.48 bits per heavy atom. The van der Waals surface area contributed by atoms with Gasteiger partial charge in [0.05, 0.1) is 39.5 Å². The molecular weight excluding hydrogens is 558 g/mol. The molecule has 1 unspecified atom stereocenters. The number of carboxylic acids is 1. The van der Waals surface area contributed by atoms with Gasteiger partial charge < -0.3 is 24.2 Å². The van der Waals surface area contributed by atoms with Crippen molar-refractivity contribution in [3.63, 3.8) is 0 Å². The third-order valence-electron chi connectivity index (χ3n) is 8.61. The Labute approximate surface area is 242 Å². The quantitative estimate of drug-likeness (QED) is 0.375. The Morgan fingerprint density at radius 1 is 1.07 bits per heavy atom. The Morgan fingerprint density at radius 2 is 1.81 bits per heavy atom. The number of aliphatic carboxylic acids is 1. The minimum Gasteiger partial charge on any atom is -0.494 e. The number of rotatable bonds is 9. The molecule has 2 saturated heterocycles. The number of piperidine rings is 2. The smallest absolute Gasteiger partial charge is 0.401 e. The highest BCUT2D eigenvalue weighted by molar-refractivity contribution is 5.68. The SMILES string of the molecule is COc1cc(N2CCC(COc3cc4c(cn3)OCCC4CC(=O)O)CC2)c(C2CCN(CC(F)(F)F)CC2)cc1F. The lowest BCUT2D eigenvalue weighted by molar-refractivity contribution is -0.148. The minimum atomic E-state index is -4.23. The first-order valence-corrected chi connectivity index (χ1v) is 14.5. The molecule has 0 saturated carbocycles. The Kier molecular flexibility index (Phi) is 9.29. The van der Waals surface area contributed by atoms with Gasteiger partial charge in [-0.05, 0) is 68.7 Å². The number of likely N-dealkylation sites (tertiary alicyclic amines) is 1. The van der Waals surface area contributed by atoms with Crippen LogP contribution in [0.1, 0.15) is 61.5 Å². The highest BCUT2D eigenvalue weighted by Crippen LogP contribution is 2.41. The second-order valence-electron chi connectivity index (χ2n) is 11.4. The number of hydrogen-bond donors (Lipinski definition) is 1. The Bertz CT molecular complexity index is 1240. The molecule has 12 heteroatoms. The van der Waals surface area contributed by atoms with Gasteiger partial charge in [-0.3, -0.25) is 9.69 Å². The first kappa shape index (κ1) is 30.2. The summed E-state index contributed by atoms with van der Waals surface area (Å²) in [5, 5.41) is 9.26. The van der Waals surface area contributed by atoms with Crippen LogP contribution in [-0.4, -0.2) is 80.2 Å². The Balaban J connectivity index is 1.20. The zero-order chi connectivity index (χ0) is 29.9. The summed E-state index contributed by atoms with van der Waals surface area (Å²) in [5.41, 5.74) is 2.51. The van der Waals surface area contributed by atoms with Crippen molar-refractivity contribution >= 4 is 11.7 Å². The van der Waals surface area contributed by atoms with Gasteiger partial charge in [-0.2, -0.15) is 13.2 Å². The van der Waals surface area contributed by atoms with E-state index in [1.807, 2.05) is 0 Å². The maximum absolute atomic E-state index is 14.8. The predicted octanol–water partition coefficient (Wildman–Crippen LogP) is 5.61. The van der Waals surface area contributed by atoms with Crippen molar-refractivity contribution in [3.8, 4) is 17.4 Å². The minimum absolute atomic E-state index is 0.0289. The zero-order valence-electron chi connectivity index (χ0n) is 23.7. The molecule has 3 aliphatic heterocycles.